The first-order valence-electron chi connectivity index (χ1n) is 33.4. The molecule has 0 unspecified atom stereocenters. The molecule has 0 amide bonds. The molecule has 0 bridgehead atoms. The first-order valence-corrected chi connectivity index (χ1v) is 34.2. The Bertz CT molecular complexity index is 4260. The van der Waals surface area contributed by atoms with Crippen molar-refractivity contribution in [1.82, 2.24) is 0 Å². The number of fused-ring (bicyclic) bond motifs is 11. The molecule has 14 rings (SSSR count). The third kappa shape index (κ3) is 8.56. The van der Waals surface area contributed by atoms with E-state index in [1.54, 1.807) is 11.1 Å². The number of benzene rings is 7. The molecule has 8 aromatic rings. The van der Waals surface area contributed by atoms with Gasteiger partial charge in [0.05, 0.1) is 11.4 Å². The molecule has 3 heterocycles. The lowest BCUT2D eigenvalue weighted by Crippen LogP contribution is -2.61. The SMILES string of the molecule is Cc1cc2c3c(c1)N(c1ccc4c(c1)C(C)(C)CCC4(C)C)c1c(sc4cc5c(cc14)C(C)(C)CCC5(C)C)B3c1cc3c(cc1N2c1ccc(C(C)(C)C)cc1-c1ccc(C(C)(C)C)cc1)C(C)(C)c1cc2c(cc1C3(C)C)C(C)(C)CCC2(C)C. The van der Waals surface area contributed by atoms with Gasteiger partial charge in [0.25, 0.3) is 6.71 Å². The minimum Gasteiger partial charge on any atom is -0.311 e. The van der Waals surface area contributed by atoms with E-state index in [1.807, 2.05) is 0 Å². The Kier molecular flexibility index (Phi) is 12.3. The summed E-state index contributed by atoms with van der Waals surface area (Å²) in [6, 6.07) is 46.2. The van der Waals surface area contributed by atoms with Crippen LogP contribution in [0.1, 0.15) is 263 Å². The zero-order valence-electron chi connectivity index (χ0n) is 57.5. The summed E-state index contributed by atoms with van der Waals surface area (Å²) in [6.45, 7) is 56.7. The second-order valence-electron chi connectivity index (χ2n) is 35.5. The maximum atomic E-state index is 2.79. The average Bonchev–Trinajstić information content (AvgIpc) is 1.64. The Balaban J connectivity index is 1.12. The van der Waals surface area contributed by atoms with Crippen molar-refractivity contribution in [3.63, 3.8) is 0 Å². The second-order valence-corrected chi connectivity index (χ2v) is 36.6. The Labute approximate surface area is 529 Å². The standard InChI is InChI=1S/C83H99BN2S/c1-48-38-68-71-69(39-48)86(66-31-28-51(75(5,6)7)40-53(66)49-24-26-50(27-25-49)74(2,3)4)67-46-64-63(82(20,21)61-43-58-59(44-62(61)83(64,22)23)80(16,17)36-35-79(58,14)15)45-65(67)84(71)73-72(54-42-57-60(47-70(54)87-73)81(18,19)37-34-78(57,12)13)85(68)52-29-30-55-56(41-52)77(10,11)33-32-76(55,8)9/h24-31,38-47H,32-37H2,1-23H3. The summed E-state index contributed by atoms with van der Waals surface area (Å²) in [4.78, 5) is 5.56. The maximum Gasteiger partial charge on any atom is 0.264 e. The molecule has 2 aliphatic heterocycles. The van der Waals surface area contributed by atoms with Crippen LogP contribution in [-0.2, 0) is 54.1 Å². The van der Waals surface area contributed by atoms with Crippen LogP contribution < -0.4 is 25.5 Å². The summed E-state index contributed by atoms with van der Waals surface area (Å²) in [5, 5.41) is 1.40. The van der Waals surface area contributed by atoms with Crippen LogP contribution in [-0.4, -0.2) is 6.71 Å². The van der Waals surface area contributed by atoms with Gasteiger partial charge in [-0.25, -0.2) is 0 Å². The van der Waals surface area contributed by atoms with Crippen LogP contribution >= 0.6 is 11.3 Å². The summed E-state index contributed by atoms with van der Waals surface area (Å²) >= 11 is 2.09. The van der Waals surface area contributed by atoms with Gasteiger partial charge in [0.15, 0.2) is 0 Å². The zero-order chi connectivity index (χ0) is 62.4. The first-order chi connectivity index (χ1) is 40.2. The molecule has 4 heteroatoms. The molecule has 0 spiro atoms. The topological polar surface area (TPSA) is 6.48 Å². The molecule has 7 aromatic carbocycles. The van der Waals surface area contributed by atoms with Gasteiger partial charge in [-0.15, -0.1) is 11.3 Å². The molecule has 0 radical (unpaired) electrons. The fourth-order valence-corrected chi connectivity index (χ4v) is 18.9. The molecular formula is C83H99BN2S. The van der Waals surface area contributed by atoms with Gasteiger partial charge in [0.1, 0.15) is 0 Å². The molecule has 4 aliphatic carbocycles. The molecule has 0 saturated heterocycles. The summed E-state index contributed by atoms with van der Waals surface area (Å²) in [5.41, 5.74) is 32.1. The van der Waals surface area contributed by atoms with Gasteiger partial charge in [-0.3, -0.25) is 0 Å². The molecule has 0 atom stereocenters. The lowest BCUT2D eigenvalue weighted by molar-refractivity contribution is 0.329. The Morgan fingerprint density at radius 1 is 0.391 bits per heavy atom. The van der Waals surface area contributed by atoms with Crippen molar-refractivity contribution in [2.45, 2.75) is 252 Å². The predicted molar refractivity (Wildman–Crippen MR) is 380 cm³/mol. The highest BCUT2D eigenvalue weighted by Crippen LogP contribution is 2.59. The van der Waals surface area contributed by atoms with Crippen molar-refractivity contribution < 1.29 is 0 Å². The molecule has 0 saturated carbocycles. The van der Waals surface area contributed by atoms with E-state index in [2.05, 4.69) is 290 Å². The van der Waals surface area contributed by atoms with Gasteiger partial charge in [-0.1, -0.05) is 207 Å². The van der Waals surface area contributed by atoms with Crippen molar-refractivity contribution >= 4 is 78.0 Å². The molecule has 2 nitrogen and oxygen atoms in total. The minimum absolute atomic E-state index is 0.0196. The summed E-state index contributed by atoms with van der Waals surface area (Å²) < 4.78 is 2.87. The van der Waals surface area contributed by atoms with Crippen LogP contribution in [0.2, 0.25) is 0 Å². The normalized spacial score (nSPS) is 20.7. The van der Waals surface area contributed by atoms with E-state index in [1.165, 1.54) is 171 Å². The molecular weight excluding hydrogens is 1070 g/mol. The van der Waals surface area contributed by atoms with Crippen molar-refractivity contribution in [1.29, 1.82) is 0 Å². The average molecular weight is 1170 g/mol. The number of nitrogens with zero attached hydrogens (tertiary/aromatic N) is 2. The Morgan fingerprint density at radius 2 is 0.839 bits per heavy atom. The van der Waals surface area contributed by atoms with Crippen LogP contribution in [0, 0.1) is 6.92 Å². The quantitative estimate of drug-likeness (QED) is 0.163. The van der Waals surface area contributed by atoms with Crippen molar-refractivity contribution in [2.75, 3.05) is 9.80 Å². The Morgan fingerprint density at radius 3 is 1.37 bits per heavy atom. The zero-order valence-corrected chi connectivity index (χ0v) is 58.3. The van der Waals surface area contributed by atoms with Crippen LogP contribution in [0.15, 0.2) is 109 Å². The van der Waals surface area contributed by atoms with E-state index in [9.17, 15) is 0 Å². The number of thiophene rings is 1. The smallest absolute Gasteiger partial charge is 0.264 e. The summed E-state index contributed by atoms with van der Waals surface area (Å²) in [7, 11) is 0. The van der Waals surface area contributed by atoms with Gasteiger partial charge in [0, 0.05) is 54.0 Å². The third-order valence-electron chi connectivity index (χ3n) is 23.9. The van der Waals surface area contributed by atoms with Gasteiger partial charge in [-0.2, -0.15) is 0 Å². The first kappa shape index (κ1) is 58.8. The number of hydrogen-bond donors (Lipinski definition) is 0. The number of rotatable bonds is 3. The highest BCUT2D eigenvalue weighted by Gasteiger charge is 2.52. The molecule has 87 heavy (non-hydrogen) atoms. The van der Waals surface area contributed by atoms with Gasteiger partial charge < -0.3 is 9.80 Å². The summed E-state index contributed by atoms with van der Waals surface area (Å²) in [6.07, 6.45) is 7.13. The molecule has 450 valence electrons. The van der Waals surface area contributed by atoms with Gasteiger partial charge >= 0.3 is 0 Å². The van der Waals surface area contributed by atoms with Gasteiger partial charge in [0.2, 0.25) is 0 Å². The number of hydrogen-bond acceptors (Lipinski definition) is 3. The number of aryl methyl sites for hydroxylation is 1. The summed E-state index contributed by atoms with van der Waals surface area (Å²) in [5.74, 6) is 0. The van der Waals surface area contributed by atoms with E-state index in [4.69, 9.17) is 0 Å². The third-order valence-corrected chi connectivity index (χ3v) is 25.1. The van der Waals surface area contributed by atoms with Crippen molar-refractivity contribution in [2.24, 2.45) is 0 Å². The van der Waals surface area contributed by atoms with E-state index >= 15 is 0 Å². The highest BCUT2D eigenvalue weighted by atomic mass is 32.1. The fraction of sp³-hybridized carbons (Fsp3) is 0.470. The monoisotopic (exact) mass is 1170 g/mol. The lowest BCUT2D eigenvalue weighted by atomic mass is 9.35. The van der Waals surface area contributed by atoms with E-state index in [0.717, 1.165) is 0 Å². The van der Waals surface area contributed by atoms with E-state index in [-0.39, 0.29) is 60.9 Å². The van der Waals surface area contributed by atoms with Crippen molar-refractivity contribution in [3.05, 3.63) is 182 Å². The largest absolute Gasteiger partial charge is 0.311 e. The van der Waals surface area contributed by atoms with Crippen LogP contribution in [0.5, 0.6) is 0 Å². The molecule has 6 aliphatic rings. The van der Waals surface area contributed by atoms with E-state index in [0.29, 0.717) is 0 Å². The highest BCUT2D eigenvalue weighted by molar-refractivity contribution is 7.33. The fourth-order valence-electron chi connectivity index (χ4n) is 17.5. The Hall–Kier alpha value is -5.84. The lowest BCUT2D eigenvalue weighted by Gasteiger charge is -2.50. The minimum atomic E-state index is -0.285. The molecule has 0 N–H and O–H groups in total. The second kappa shape index (κ2) is 18.2. The molecule has 0 fully saturated rings. The number of anilines is 6. The maximum absolute atomic E-state index is 2.79. The molecule has 1 aromatic heterocycles. The van der Waals surface area contributed by atoms with Crippen molar-refractivity contribution in [3.8, 4) is 11.1 Å². The van der Waals surface area contributed by atoms with Crippen LogP contribution in [0.25, 0.3) is 21.2 Å². The predicted octanol–water partition coefficient (Wildman–Crippen LogP) is 21.6. The van der Waals surface area contributed by atoms with Gasteiger partial charge in [-0.05, 0) is 232 Å². The van der Waals surface area contributed by atoms with Crippen LogP contribution in [0.3, 0.4) is 0 Å². The van der Waals surface area contributed by atoms with E-state index < -0.39 is 0 Å². The van der Waals surface area contributed by atoms with Crippen LogP contribution in [0.4, 0.5) is 34.1 Å².